The Morgan fingerprint density at radius 2 is 2.11 bits per heavy atom. The fourth-order valence-corrected chi connectivity index (χ4v) is 1.83. The van der Waals surface area contributed by atoms with Crippen LogP contribution in [0.5, 0.6) is 0 Å². The highest BCUT2D eigenvalue weighted by molar-refractivity contribution is 5.64. The smallest absolute Gasteiger partial charge is 0.215 e. The van der Waals surface area contributed by atoms with Crippen LogP contribution in [0.15, 0.2) is 22.9 Å². The average Bonchev–Trinajstić information content (AvgIpc) is 2.82. The van der Waals surface area contributed by atoms with Crippen LogP contribution < -0.4 is 0 Å². The summed E-state index contributed by atoms with van der Waals surface area (Å²) < 4.78 is 18.3. The van der Waals surface area contributed by atoms with Gasteiger partial charge in [0.1, 0.15) is 17.7 Å². The van der Waals surface area contributed by atoms with Crippen molar-refractivity contribution in [2.24, 2.45) is 5.92 Å². The third-order valence-corrected chi connectivity index (χ3v) is 3.03. The molecule has 0 bridgehead atoms. The molecule has 0 saturated heterocycles. The molecule has 0 amide bonds. The van der Waals surface area contributed by atoms with Gasteiger partial charge in [-0.25, -0.2) is 4.98 Å². The van der Waals surface area contributed by atoms with Gasteiger partial charge in [-0.1, -0.05) is 19.0 Å². The number of rotatable bonds is 4. The number of carbonyl (C=O) groups is 1. The molecule has 1 atom stereocenters. The van der Waals surface area contributed by atoms with E-state index in [0.29, 0.717) is 22.6 Å². The first kappa shape index (κ1) is 13.4. The first-order chi connectivity index (χ1) is 9.02. The summed E-state index contributed by atoms with van der Waals surface area (Å²) in [6.07, 6.45) is 2.25. The van der Waals surface area contributed by atoms with Crippen LogP contribution in [0.2, 0.25) is 0 Å². The van der Waals surface area contributed by atoms with Gasteiger partial charge in [-0.15, -0.1) is 0 Å². The number of carbonyl (C=O) groups excluding carboxylic acids is 1. The molecule has 0 N–H and O–H groups in total. The van der Waals surface area contributed by atoms with Gasteiger partial charge in [0.2, 0.25) is 5.95 Å². The van der Waals surface area contributed by atoms with E-state index < -0.39 is 5.95 Å². The Hall–Kier alpha value is -2.04. The van der Waals surface area contributed by atoms with Gasteiger partial charge in [0.25, 0.3) is 0 Å². The average molecular weight is 262 g/mol. The third-order valence-electron chi connectivity index (χ3n) is 3.03. The van der Waals surface area contributed by atoms with Crippen LogP contribution in [0.1, 0.15) is 31.1 Å². The summed E-state index contributed by atoms with van der Waals surface area (Å²) in [5.74, 6) is -0.176. The molecule has 0 radical (unpaired) electrons. The Morgan fingerprint density at radius 3 is 2.68 bits per heavy atom. The maximum absolute atomic E-state index is 13.1. The maximum Gasteiger partial charge on any atom is 0.215 e. The molecule has 0 spiro atoms. The maximum atomic E-state index is 13.1. The first-order valence-electron chi connectivity index (χ1n) is 6.07. The minimum atomic E-state index is -0.500. The molecule has 0 aliphatic rings. The second-order valence-electron chi connectivity index (χ2n) is 4.85. The van der Waals surface area contributed by atoms with Crippen molar-refractivity contribution in [2.45, 2.75) is 26.7 Å². The van der Waals surface area contributed by atoms with E-state index in [1.807, 2.05) is 13.8 Å². The number of nitrogens with zero attached hydrogens (tertiary/aromatic N) is 2. The molecule has 5 heteroatoms. The lowest BCUT2D eigenvalue weighted by Gasteiger charge is -2.08. The van der Waals surface area contributed by atoms with Crippen LogP contribution in [0, 0.1) is 18.8 Å². The number of aldehydes is 1. The van der Waals surface area contributed by atoms with Crippen LogP contribution in [-0.4, -0.2) is 16.4 Å². The van der Waals surface area contributed by atoms with Crippen LogP contribution >= 0.6 is 0 Å². The van der Waals surface area contributed by atoms with Gasteiger partial charge in [0, 0.05) is 23.4 Å². The zero-order valence-corrected chi connectivity index (χ0v) is 11.1. The van der Waals surface area contributed by atoms with Gasteiger partial charge in [0.15, 0.2) is 0 Å². The lowest BCUT2D eigenvalue weighted by Crippen LogP contribution is -2.06. The zero-order chi connectivity index (χ0) is 14.0. The van der Waals surface area contributed by atoms with Crippen LogP contribution in [0.3, 0.4) is 0 Å². The van der Waals surface area contributed by atoms with Crippen molar-refractivity contribution < 1.29 is 13.7 Å². The fourth-order valence-electron chi connectivity index (χ4n) is 1.83. The number of halogens is 1. The number of aromatic nitrogens is 2. The van der Waals surface area contributed by atoms with Crippen molar-refractivity contribution in [3.63, 3.8) is 0 Å². The van der Waals surface area contributed by atoms with E-state index in [2.05, 4.69) is 10.1 Å². The molecule has 1 unspecified atom stereocenters. The van der Waals surface area contributed by atoms with Gasteiger partial charge in [-0.3, -0.25) is 0 Å². The van der Waals surface area contributed by atoms with Crippen molar-refractivity contribution in [1.29, 1.82) is 0 Å². The SMILES string of the molecule is Cc1cc(-c2cc(C(C=O)C(C)C)on2)cnc1F. The fraction of sp³-hybridized carbons (Fsp3) is 0.357. The second kappa shape index (κ2) is 5.30. The Morgan fingerprint density at radius 1 is 1.37 bits per heavy atom. The molecule has 4 nitrogen and oxygen atoms in total. The van der Waals surface area contributed by atoms with E-state index in [1.54, 1.807) is 19.1 Å². The summed E-state index contributed by atoms with van der Waals surface area (Å²) in [6, 6.07) is 3.35. The lowest BCUT2D eigenvalue weighted by atomic mass is 9.94. The highest BCUT2D eigenvalue weighted by atomic mass is 19.1. The molecular weight excluding hydrogens is 247 g/mol. The van der Waals surface area contributed by atoms with Crippen LogP contribution in [0.25, 0.3) is 11.3 Å². The van der Waals surface area contributed by atoms with Crippen molar-refractivity contribution in [3.8, 4) is 11.3 Å². The Bertz CT molecular complexity index is 593. The molecule has 0 saturated carbocycles. The number of hydrogen-bond donors (Lipinski definition) is 0. The number of aryl methyl sites for hydroxylation is 1. The van der Waals surface area contributed by atoms with E-state index in [0.717, 1.165) is 6.29 Å². The molecule has 0 aromatic carbocycles. The Balaban J connectivity index is 2.35. The summed E-state index contributed by atoms with van der Waals surface area (Å²) >= 11 is 0. The third kappa shape index (κ3) is 2.70. The second-order valence-corrected chi connectivity index (χ2v) is 4.85. The van der Waals surface area contributed by atoms with Crippen molar-refractivity contribution in [1.82, 2.24) is 10.1 Å². The summed E-state index contributed by atoms with van der Waals surface area (Å²) in [7, 11) is 0. The van der Waals surface area contributed by atoms with E-state index >= 15 is 0 Å². The molecule has 0 aliphatic carbocycles. The van der Waals surface area contributed by atoms with E-state index in [1.165, 1.54) is 6.20 Å². The standard InChI is InChI=1S/C14H15FN2O2/c1-8(2)11(7-18)13-5-12(17-19-13)10-4-9(3)14(15)16-6-10/h4-8,11H,1-3H3. The van der Waals surface area contributed by atoms with Gasteiger partial charge in [0.05, 0.1) is 5.92 Å². The topological polar surface area (TPSA) is 56.0 Å². The predicted molar refractivity (Wildman–Crippen MR) is 68.1 cm³/mol. The van der Waals surface area contributed by atoms with Gasteiger partial charge < -0.3 is 9.32 Å². The molecule has 2 aromatic rings. The summed E-state index contributed by atoms with van der Waals surface area (Å²) in [4.78, 5) is 14.7. The summed E-state index contributed by atoms with van der Waals surface area (Å²) in [5, 5.41) is 3.91. The number of pyridine rings is 1. The Labute approximate surface area is 110 Å². The molecule has 2 heterocycles. The zero-order valence-electron chi connectivity index (χ0n) is 11.1. The summed E-state index contributed by atoms with van der Waals surface area (Å²) in [5.41, 5.74) is 1.67. The highest BCUT2D eigenvalue weighted by Crippen LogP contribution is 2.27. The van der Waals surface area contributed by atoms with Gasteiger partial charge >= 0.3 is 0 Å². The van der Waals surface area contributed by atoms with Crippen molar-refractivity contribution in [3.05, 3.63) is 35.6 Å². The van der Waals surface area contributed by atoms with Crippen molar-refractivity contribution in [2.75, 3.05) is 0 Å². The van der Waals surface area contributed by atoms with E-state index in [-0.39, 0.29) is 11.8 Å². The predicted octanol–water partition coefficient (Wildman–Crippen LogP) is 3.12. The largest absolute Gasteiger partial charge is 0.360 e. The highest BCUT2D eigenvalue weighted by Gasteiger charge is 2.20. The molecular formula is C14H15FN2O2. The molecule has 100 valence electrons. The van der Waals surface area contributed by atoms with E-state index in [9.17, 15) is 9.18 Å². The molecule has 2 rings (SSSR count). The number of hydrogen-bond acceptors (Lipinski definition) is 4. The minimum absolute atomic E-state index is 0.131. The molecule has 2 aromatic heterocycles. The monoisotopic (exact) mass is 262 g/mol. The van der Waals surface area contributed by atoms with Gasteiger partial charge in [-0.2, -0.15) is 4.39 Å². The molecule has 0 aliphatic heterocycles. The van der Waals surface area contributed by atoms with Crippen LogP contribution in [-0.2, 0) is 4.79 Å². The van der Waals surface area contributed by atoms with Crippen molar-refractivity contribution >= 4 is 6.29 Å². The molecule has 19 heavy (non-hydrogen) atoms. The quantitative estimate of drug-likeness (QED) is 0.627. The van der Waals surface area contributed by atoms with Gasteiger partial charge in [-0.05, 0) is 18.9 Å². The minimum Gasteiger partial charge on any atom is -0.360 e. The Kier molecular flexibility index (Phi) is 3.74. The first-order valence-corrected chi connectivity index (χ1v) is 6.07. The van der Waals surface area contributed by atoms with Crippen LogP contribution in [0.4, 0.5) is 4.39 Å². The van der Waals surface area contributed by atoms with E-state index in [4.69, 9.17) is 4.52 Å². The normalized spacial score (nSPS) is 12.7. The molecule has 0 fully saturated rings. The summed E-state index contributed by atoms with van der Waals surface area (Å²) in [6.45, 7) is 5.50. The lowest BCUT2D eigenvalue weighted by molar-refractivity contribution is -0.110.